The van der Waals surface area contributed by atoms with Gasteiger partial charge in [0.1, 0.15) is 23.5 Å². The molecule has 1 saturated heterocycles. The van der Waals surface area contributed by atoms with Crippen LogP contribution in [0.2, 0.25) is 0 Å². The van der Waals surface area contributed by atoms with Gasteiger partial charge in [-0.3, -0.25) is 0 Å². The lowest BCUT2D eigenvalue weighted by molar-refractivity contribution is 0.200. The molecular formula is C20H23N5O3S. The molecule has 1 saturated carbocycles. The van der Waals surface area contributed by atoms with Gasteiger partial charge < -0.3 is 9.64 Å². The number of hydrogen-bond donors (Lipinski definition) is 0. The molecule has 5 rings (SSSR count). The first-order chi connectivity index (χ1) is 13.8. The molecule has 9 heteroatoms. The maximum atomic E-state index is 11.7. The number of nitrogens with zero attached hydrogens (tertiary/aromatic N) is 5. The largest absolute Gasteiger partial charge is 0.488 e. The van der Waals surface area contributed by atoms with Gasteiger partial charge in [-0.25, -0.2) is 23.4 Å². The molecule has 3 aliphatic rings. The molecule has 2 aromatic rings. The molecule has 2 fully saturated rings. The van der Waals surface area contributed by atoms with Crippen LogP contribution in [0.4, 0.5) is 11.5 Å². The smallest absolute Gasteiger partial charge is 0.211 e. The average molecular weight is 414 g/mol. The molecule has 1 aromatic carbocycles. The standard InChI is InChI=1S/C20H23N5O3S/c1-20(5-6-20)28-14-3-4-16-15(11-14)19(23-16)17-12-18(22-13-21-17)24-7-9-25(10-8-24)29(2,26)27/h3-4,11-13H,5-10H2,1-2H3. The molecule has 2 aliphatic heterocycles. The lowest BCUT2D eigenvalue weighted by Gasteiger charge is -2.34. The molecule has 0 unspecified atom stereocenters. The number of rotatable bonds is 5. The van der Waals surface area contributed by atoms with Crippen molar-refractivity contribution in [1.29, 1.82) is 0 Å². The number of benzene rings is 1. The third-order valence-corrected chi connectivity index (χ3v) is 7.00. The van der Waals surface area contributed by atoms with Gasteiger partial charge in [0, 0.05) is 37.8 Å². The summed E-state index contributed by atoms with van der Waals surface area (Å²) >= 11 is 0. The number of aromatic nitrogens is 2. The Kier molecular flexibility index (Phi) is 4.15. The first-order valence-electron chi connectivity index (χ1n) is 9.75. The number of sulfonamides is 1. The summed E-state index contributed by atoms with van der Waals surface area (Å²) in [7, 11) is -3.15. The van der Waals surface area contributed by atoms with Crippen molar-refractivity contribution in [3.05, 3.63) is 41.9 Å². The van der Waals surface area contributed by atoms with E-state index in [0.717, 1.165) is 47.1 Å². The van der Waals surface area contributed by atoms with Crippen LogP contribution in [-0.4, -0.2) is 66.4 Å². The summed E-state index contributed by atoms with van der Waals surface area (Å²) in [6, 6.07) is 7.91. The third-order valence-electron chi connectivity index (χ3n) is 5.70. The number of aliphatic imine (C=N–C) groups is 1. The Bertz CT molecular complexity index is 1100. The molecule has 1 aromatic heterocycles. The monoisotopic (exact) mass is 413 g/mol. The molecule has 152 valence electrons. The minimum absolute atomic E-state index is 0.0223. The Hall–Kier alpha value is -2.52. The molecule has 0 radical (unpaired) electrons. The molecule has 0 amide bonds. The lowest BCUT2D eigenvalue weighted by Crippen LogP contribution is -2.48. The van der Waals surface area contributed by atoms with Gasteiger partial charge >= 0.3 is 0 Å². The summed E-state index contributed by atoms with van der Waals surface area (Å²) in [5, 5.41) is 0. The quantitative estimate of drug-likeness (QED) is 0.636. The van der Waals surface area contributed by atoms with Crippen molar-refractivity contribution in [2.75, 3.05) is 37.3 Å². The Morgan fingerprint density at radius 3 is 2.52 bits per heavy atom. The Labute approximate surface area is 170 Å². The van der Waals surface area contributed by atoms with Crippen LogP contribution < -0.4 is 9.64 Å². The van der Waals surface area contributed by atoms with Gasteiger partial charge in [-0.1, -0.05) is 0 Å². The van der Waals surface area contributed by atoms with Crippen LogP contribution in [0.25, 0.3) is 0 Å². The number of ether oxygens (including phenoxy) is 1. The Morgan fingerprint density at radius 2 is 1.83 bits per heavy atom. The molecule has 8 nitrogen and oxygen atoms in total. The van der Waals surface area contributed by atoms with Gasteiger partial charge in [0.05, 0.1) is 23.3 Å². The zero-order valence-electron chi connectivity index (χ0n) is 16.5. The predicted octanol–water partition coefficient (Wildman–Crippen LogP) is 1.97. The number of anilines is 1. The SMILES string of the molecule is CC1(Oc2ccc3c(c2)C(c2cc(N4CCN(S(C)(=O)=O)CC4)ncn2)=N3)CC1. The highest BCUT2D eigenvalue weighted by Gasteiger charge is 2.40. The summed E-state index contributed by atoms with van der Waals surface area (Å²) in [4.78, 5) is 15.5. The van der Waals surface area contributed by atoms with E-state index in [4.69, 9.17) is 4.74 Å². The minimum Gasteiger partial charge on any atom is -0.488 e. The zero-order chi connectivity index (χ0) is 20.2. The van der Waals surface area contributed by atoms with Crippen molar-refractivity contribution < 1.29 is 13.2 Å². The van der Waals surface area contributed by atoms with Crippen LogP contribution in [0.15, 0.2) is 35.6 Å². The van der Waals surface area contributed by atoms with Crippen LogP contribution >= 0.6 is 0 Å². The summed E-state index contributed by atoms with van der Waals surface area (Å²) < 4.78 is 31.0. The highest BCUT2D eigenvalue weighted by molar-refractivity contribution is 7.88. The lowest BCUT2D eigenvalue weighted by atomic mass is 9.98. The molecule has 0 N–H and O–H groups in total. The van der Waals surface area contributed by atoms with Crippen LogP contribution in [0, 0.1) is 0 Å². The van der Waals surface area contributed by atoms with Crippen LogP contribution in [-0.2, 0) is 10.0 Å². The fourth-order valence-corrected chi connectivity index (χ4v) is 4.48. The van der Waals surface area contributed by atoms with Gasteiger partial charge in [0.25, 0.3) is 0 Å². The first kappa shape index (κ1) is 18.5. The topological polar surface area (TPSA) is 88.0 Å². The summed E-state index contributed by atoms with van der Waals surface area (Å²) in [5.41, 5.74) is 3.56. The van der Waals surface area contributed by atoms with E-state index in [2.05, 4.69) is 26.8 Å². The first-order valence-corrected chi connectivity index (χ1v) is 11.6. The maximum Gasteiger partial charge on any atom is 0.211 e. The van der Waals surface area contributed by atoms with Gasteiger partial charge in [-0.2, -0.15) is 4.31 Å². The highest BCUT2D eigenvalue weighted by atomic mass is 32.2. The van der Waals surface area contributed by atoms with E-state index in [-0.39, 0.29) is 5.60 Å². The molecular weight excluding hydrogens is 390 g/mol. The van der Waals surface area contributed by atoms with Crippen molar-refractivity contribution in [3.63, 3.8) is 0 Å². The number of fused-ring (bicyclic) bond motifs is 1. The van der Waals surface area contributed by atoms with Crippen molar-refractivity contribution in [3.8, 4) is 5.75 Å². The fourth-order valence-electron chi connectivity index (χ4n) is 3.65. The van der Waals surface area contributed by atoms with E-state index in [1.54, 1.807) is 6.33 Å². The second-order valence-corrected chi connectivity index (χ2v) is 10.1. The zero-order valence-corrected chi connectivity index (χ0v) is 17.3. The summed E-state index contributed by atoms with van der Waals surface area (Å²) in [6.07, 6.45) is 4.97. The third kappa shape index (κ3) is 3.60. The van der Waals surface area contributed by atoms with Crippen LogP contribution in [0.3, 0.4) is 0 Å². The molecule has 0 atom stereocenters. The molecule has 0 bridgehead atoms. The minimum atomic E-state index is -3.15. The van der Waals surface area contributed by atoms with E-state index in [1.807, 2.05) is 24.3 Å². The Balaban J connectivity index is 1.33. The van der Waals surface area contributed by atoms with E-state index in [1.165, 1.54) is 10.6 Å². The van der Waals surface area contributed by atoms with E-state index in [9.17, 15) is 8.42 Å². The van der Waals surface area contributed by atoms with Gasteiger partial charge in [0.15, 0.2) is 0 Å². The molecule has 3 heterocycles. The van der Waals surface area contributed by atoms with E-state index < -0.39 is 10.0 Å². The summed E-state index contributed by atoms with van der Waals surface area (Å²) in [5.74, 6) is 1.65. The number of hydrogen-bond acceptors (Lipinski definition) is 7. The van der Waals surface area contributed by atoms with Gasteiger partial charge in [-0.15, -0.1) is 0 Å². The highest BCUT2D eigenvalue weighted by Crippen LogP contribution is 2.42. The number of piperazine rings is 1. The second-order valence-electron chi connectivity index (χ2n) is 8.10. The fraction of sp³-hybridized carbons (Fsp3) is 0.450. The van der Waals surface area contributed by atoms with Crippen LogP contribution in [0.1, 0.15) is 31.0 Å². The normalized spacial score (nSPS) is 20.5. The van der Waals surface area contributed by atoms with Crippen molar-refractivity contribution in [2.24, 2.45) is 4.99 Å². The van der Waals surface area contributed by atoms with Crippen molar-refractivity contribution in [2.45, 2.75) is 25.4 Å². The predicted molar refractivity (Wildman–Crippen MR) is 111 cm³/mol. The molecule has 29 heavy (non-hydrogen) atoms. The summed E-state index contributed by atoms with van der Waals surface area (Å²) in [6.45, 7) is 4.25. The van der Waals surface area contributed by atoms with Crippen molar-refractivity contribution >= 4 is 27.2 Å². The Morgan fingerprint density at radius 1 is 1.07 bits per heavy atom. The molecule has 1 aliphatic carbocycles. The van der Waals surface area contributed by atoms with Crippen LogP contribution in [0.5, 0.6) is 5.75 Å². The second kappa shape index (κ2) is 6.50. The maximum absolute atomic E-state index is 11.7. The van der Waals surface area contributed by atoms with E-state index >= 15 is 0 Å². The van der Waals surface area contributed by atoms with Gasteiger partial charge in [0.2, 0.25) is 10.0 Å². The average Bonchev–Trinajstić information content (AvgIpc) is 3.40. The van der Waals surface area contributed by atoms with Gasteiger partial charge in [-0.05, 0) is 38.0 Å². The molecule has 0 spiro atoms. The van der Waals surface area contributed by atoms with E-state index in [0.29, 0.717) is 26.2 Å². The van der Waals surface area contributed by atoms with Crippen molar-refractivity contribution in [1.82, 2.24) is 14.3 Å².